The number of amides is 6. The van der Waals surface area contributed by atoms with E-state index in [9.17, 15) is 73.8 Å². The largest absolute Gasteiger partial charge is 0.480 e. The number of ether oxygens (including phenoxy) is 6. The number of carboxylic acid groups (broad SMARTS) is 3. The fourth-order valence-corrected chi connectivity index (χ4v) is 9.18. The molecule has 0 aliphatic carbocycles. The molecule has 0 saturated carbocycles. The van der Waals surface area contributed by atoms with Gasteiger partial charge in [0.15, 0.2) is 18.7 Å². The van der Waals surface area contributed by atoms with Crippen LogP contribution in [0.3, 0.4) is 0 Å². The SMILES string of the molecule is CC[C@H](C)[C@@H]1NC(=O)[C@H](CC(C)C)NC(=O)[C@H]2O[C@@H](O[C@H]3[C@H](OCC(=O)O)[C@@H](NC(=O)CNC(=O)[C@@H](N)CSSC[C@@H](C(=O)O)NC1=O)[C@H](OCC(N)=O)O[C@@H]3CO)[C@H](OCC(=O)O)[C@@H](O)[C@@H]2O. The Hall–Kier alpha value is -4.47. The zero-order chi connectivity index (χ0) is 51.0. The summed E-state index contributed by atoms with van der Waals surface area (Å²) >= 11 is 0. The summed E-state index contributed by atoms with van der Waals surface area (Å²) in [6.45, 7) is 1.66. The highest BCUT2D eigenvalue weighted by Gasteiger charge is 2.55. The van der Waals surface area contributed by atoms with E-state index < -0.39 is 178 Å². The number of carboxylic acids is 3. The van der Waals surface area contributed by atoms with Crippen molar-refractivity contribution in [3.8, 4) is 0 Å². The lowest BCUT2D eigenvalue weighted by molar-refractivity contribution is -0.348. The van der Waals surface area contributed by atoms with Crippen LogP contribution in [-0.2, 0) is 71.6 Å². The van der Waals surface area contributed by atoms with Gasteiger partial charge < -0.3 is 97.1 Å². The van der Waals surface area contributed by atoms with Crippen LogP contribution in [0.2, 0.25) is 0 Å². The highest BCUT2D eigenvalue weighted by Crippen LogP contribution is 2.33. The maximum absolute atomic E-state index is 14.1. The number of carbonyl (C=O) groups excluding carboxylic acids is 6. The van der Waals surface area contributed by atoms with Crippen LogP contribution in [0.4, 0.5) is 0 Å². The number of carbonyl (C=O) groups is 9. The Kier molecular flexibility index (Phi) is 23.5. The molecule has 0 unspecified atom stereocenters. The van der Waals surface area contributed by atoms with Crippen molar-refractivity contribution >= 4 is 74.9 Å². The summed E-state index contributed by atoms with van der Waals surface area (Å²) in [6, 6.07) is -7.37. The van der Waals surface area contributed by atoms with Gasteiger partial charge in [-0.1, -0.05) is 55.7 Å². The molecular formula is C38H61N7O21S2. The minimum Gasteiger partial charge on any atom is -0.480 e. The highest BCUT2D eigenvalue weighted by molar-refractivity contribution is 8.76. The number of primary amides is 1. The number of fused-ring (bicyclic) bond motifs is 4. The van der Waals surface area contributed by atoms with Gasteiger partial charge in [0.2, 0.25) is 29.5 Å². The molecule has 3 aliphatic heterocycles. The molecule has 3 fully saturated rings. The molecule has 28 nitrogen and oxygen atoms in total. The Balaban J connectivity index is 2.19. The molecule has 15 atom stereocenters. The van der Waals surface area contributed by atoms with E-state index >= 15 is 0 Å². The molecule has 0 radical (unpaired) electrons. The lowest BCUT2D eigenvalue weighted by atomic mass is 9.94. The first-order valence-electron chi connectivity index (χ1n) is 21.2. The summed E-state index contributed by atoms with van der Waals surface area (Å²) in [4.78, 5) is 116. The second kappa shape index (κ2) is 27.7. The second-order valence-corrected chi connectivity index (χ2v) is 18.8. The van der Waals surface area contributed by atoms with Gasteiger partial charge in [-0.3, -0.25) is 28.8 Å². The van der Waals surface area contributed by atoms with Crippen molar-refractivity contribution in [1.29, 1.82) is 0 Å². The number of nitrogens with two attached hydrogens (primary N) is 2. The molecule has 0 spiro atoms. The number of hydrogen-bond acceptors (Lipinski definition) is 21. The van der Waals surface area contributed by atoms with Gasteiger partial charge in [-0.15, -0.1) is 0 Å². The van der Waals surface area contributed by atoms with Crippen molar-refractivity contribution in [2.24, 2.45) is 23.3 Å². The molecule has 3 aliphatic rings. The van der Waals surface area contributed by atoms with Crippen molar-refractivity contribution in [2.75, 3.05) is 44.5 Å². The van der Waals surface area contributed by atoms with Gasteiger partial charge in [-0.25, -0.2) is 14.4 Å². The Labute approximate surface area is 396 Å². The van der Waals surface area contributed by atoms with E-state index in [-0.39, 0.29) is 23.8 Å². The molecule has 4 bridgehead atoms. The number of aliphatic hydroxyl groups excluding tert-OH is 3. The number of hydrogen-bond donors (Lipinski definition) is 13. The van der Waals surface area contributed by atoms with E-state index in [1.807, 2.05) is 0 Å². The minimum absolute atomic E-state index is 0.0971. The lowest BCUT2D eigenvalue weighted by Gasteiger charge is -2.48. The third-order valence-corrected chi connectivity index (χ3v) is 13.0. The Bertz CT molecular complexity index is 1790. The molecule has 386 valence electrons. The fourth-order valence-electron chi connectivity index (χ4n) is 6.90. The van der Waals surface area contributed by atoms with Crippen LogP contribution in [-0.4, -0.2) is 214 Å². The fraction of sp³-hybridized carbons (Fsp3) is 0.763. The molecule has 0 aromatic heterocycles. The predicted octanol–water partition coefficient (Wildman–Crippen LogP) is -6.07. The standard InChI is InChI=1S/C38H61N7O21S2/c1-5-15(4)24-34(57)43-18(36(59)60)13-68-67-12-16(39)32(55)41-7-21(48)44-25-29(61-10-22(49)50)28(19(8-46)64-37(25)63-9-20(40)47)65-38-31(62-11-23(51)52)27(54)26(53)30(66-38)35(58)42-17(6-14(2)3)33(56)45-24/h14-19,24-31,37-38,46,53-54H,5-13,39H2,1-4H3,(H2,40,47)(H,41,55)(H,42,58)(H,43,57)(H,44,48)(H,45,56)(H,49,50)(H,51,52)(H,59,60)/t15-,16-,17-,18-,19+,24-,25+,26-,27-,28+,29+,30-,31+,37+,38+/m0/s1. The molecule has 3 rings (SSSR count). The maximum Gasteiger partial charge on any atom is 0.329 e. The summed E-state index contributed by atoms with van der Waals surface area (Å²) in [5, 5.41) is 74.4. The molecule has 6 amide bonds. The van der Waals surface area contributed by atoms with Crippen LogP contribution in [0.1, 0.15) is 40.5 Å². The van der Waals surface area contributed by atoms with Crippen molar-refractivity contribution in [3.63, 3.8) is 0 Å². The molecule has 3 saturated heterocycles. The normalized spacial score (nSPS) is 33.5. The van der Waals surface area contributed by atoms with Crippen LogP contribution < -0.4 is 38.1 Å². The highest BCUT2D eigenvalue weighted by atomic mass is 33.1. The molecule has 68 heavy (non-hydrogen) atoms. The van der Waals surface area contributed by atoms with E-state index in [4.69, 9.17) is 39.9 Å². The summed E-state index contributed by atoms with van der Waals surface area (Å²) in [6.07, 6.45) is -17.9. The van der Waals surface area contributed by atoms with Crippen LogP contribution in [0.25, 0.3) is 0 Å². The Morgan fingerprint density at radius 1 is 0.779 bits per heavy atom. The Morgan fingerprint density at radius 2 is 1.41 bits per heavy atom. The summed E-state index contributed by atoms with van der Waals surface area (Å²) in [7, 11) is 1.90. The third-order valence-electron chi connectivity index (χ3n) is 10.5. The van der Waals surface area contributed by atoms with E-state index in [0.29, 0.717) is 6.42 Å². The summed E-state index contributed by atoms with van der Waals surface area (Å²) in [5.74, 6) is -11.9. The number of rotatable bonds is 15. The van der Waals surface area contributed by atoms with Crippen LogP contribution in [0, 0.1) is 11.8 Å². The Morgan fingerprint density at radius 3 is 1.99 bits per heavy atom. The van der Waals surface area contributed by atoms with E-state index in [1.165, 1.54) is 0 Å². The van der Waals surface area contributed by atoms with Gasteiger partial charge in [-0.2, -0.15) is 0 Å². The lowest BCUT2D eigenvalue weighted by Crippen LogP contribution is -2.69. The number of aliphatic hydroxyl groups is 3. The van der Waals surface area contributed by atoms with Crippen LogP contribution in [0.15, 0.2) is 0 Å². The van der Waals surface area contributed by atoms with Crippen molar-refractivity contribution in [3.05, 3.63) is 0 Å². The molecule has 0 aromatic rings. The average Bonchev–Trinajstić information content (AvgIpc) is 3.26. The number of nitrogens with one attached hydrogen (secondary N) is 5. The van der Waals surface area contributed by atoms with Gasteiger partial charge in [0.05, 0.1) is 19.2 Å². The van der Waals surface area contributed by atoms with E-state index in [0.717, 1.165) is 21.6 Å². The van der Waals surface area contributed by atoms with Crippen molar-refractivity contribution < 1.29 is 102 Å². The monoisotopic (exact) mass is 1020 g/mol. The van der Waals surface area contributed by atoms with Gasteiger partial charge in [-0.05, 0) is 18.3 Å². The topological polar surface area (TPSA) is 443 Å². The predicted molar refractivity (Wildman–Crippen MR) is 231 cm³/mol. The van der Waals surface area contributed by atoms with Crippen LogP contribution >= 0.6 is 21.6 Å². The molecule has 3 heterocycles. The first-order chi connectivity index (χ1) is 32.0. The third kappa shape index (κ3) is 17.2. The second-order valence-electron chi connectivity index (χ2n) is 16.3. The zero-order valence-electron chi connectivity index (χ0n) is 37.4. The molecule has 15 N–H and O–H groups in total. The zero-order valence-corrected chi connectivity index (χ0v) is 39.0. The van der Waals surface area contributed by atoms with E-state index in [1.54, 1.807) is 27.7 Å². The van der Waals surface area contributed by atoms with Gasteiger partial charge in [0.1, 0.15) is 80.6 Å². The van der Waals surface area contributed by atoms with E-state index in [2.05, 4.69) is 26.6 Å². The minimum atomic E-state index is -2.25. The van der Waals surface area contributed by atoms with Gasteiger partial charge in [0.25, 0.3) is 5.91 Å². The average molecular weight is 1020 g/mol. The first kappa shape index (κ1) is 57.8. The molecular weight excluding hydrogens is 955 g/mol. The van der Waals surface area contributed by atoms with Crippen molar-refractivity contribution in [2.45, 2.75) is 126 Å². The first-order valence-corrected chi connectivity index (χ1v) is 23.7. The summed E-state index contributed by atoms with van der Waals surface area (Å²) < 4.78 is 34.2. The quantitative estimate of drug-likeness (QED) is 0.0679. The van der Waals surface area contributed by atoms with Crippen molar-refractivity contribution in [1.82, 2.24) is 26.6 Å². The van der Waals surface area contributed by atoms with Crippen LogP contribution in [0.5, 0.6) is 0 Å². The molecule has 30 heteroatoms. The smallest absolute Gasteiger partial charge is 0.329 e. The number of aliphatic carboxylic acids is 3. The summed E-state index contributed by atoms with van der Waals surface area (Å²) in [5.41, 5.74) is 11.3. The van der Waals surface area contributed by atoms with Gasteiger partial charge >= 0.3 is 17.9 Å². The van der Waals surface area contributed by atoms with Gasteiger partial charge in [0, 0.05) is 11.5 Å². The molecule has 0 aromatic carbocycles. The maximum atomic E-state index is 14.1.